The summed E-state index contributed by atoms with van der Waals surface area (Å²) in [5.41, 5.74) is 3.34. The lowest BCUT2D eigenvalue weighted by atomic mass is 9.99. The summed E-state index contributed by atoms with van der Waals surface area (Å²) in [6.07, 6.45) is 1.74. The van der Waals surface area contributed by atoms with Crippen molar-refractivity contribution in [2.75, 3.05) is 6.61 Å². The predicted octanol–water partition coefficient (Wildman–Crippen LogP) is 3.11. The molecule has 17 heavy (non-hydrogen) atoms. The molecule has 1 rings (SSSR count). The summed E-state index contributed by atoms with van der Waals surface area (Å²) in [5, 5.41) is 8.68. The molecule has 3 heteroatoms. The molecule has 0 amide bonds. The molecule has 0 aliphatic rings. The molecule has 0 radical (unpaired) electrons. The second-order valence-electron chi connectivity index (χ2n) is 4.22. The second kappa shape index (κ2) is 6.28. The van der Waals surface area contributed by atoms with Crippen molar-refractivity contribution in [2.24, 2.45) is 0 Å². The van der Waals surface area contributed by atoms with Crippen LogP contribution in [-0.2, 0) is 11.2 Å². The van der Waals surface area contributed by atoms with Crippen molar-refractivity contribution in [3.8, 4) is 5.75 Å². The second-order valence-corrected chi connectivity index (χ2v) is 4.22. The Kier molecular flexibility index (Phi) is 5.01. The highest BCUT2D eigenvalue weighted by Gasteiger charge is 2.08. The fourth-order valence-electron chi connectivity index (χ4n) is 1.73. The maximum Gasteiger partial charge on any atom is 0.303 e. The number of carboxylic acid groups (broad SMARTS) is 1. The van der Waals surface area contributed by atoms with Gasteiger partial charge in [0.2, 0.25) is 0 Å². The van der Waals surface area contributed by atoms with Crippen LogP contribution in [0.3, 0.4) is 0 Å². The molecule has 0 aliphatic heterocycles. The fraction of sp³-hybridized carbons (Fsp3) is 0.500. The van der Waals surface area contributed by atoms with Gasteiger partial charge in [-0.05, 0) is 49.4 Å². The number of hydrogen-bond donors (Lipinski definition) is 1. The van der Waals surface area contributed by atoms with Crippen LogP contribution in [0.4, 0.5) is 0 Å². The molecule has 1 aromatic carbocycles. The maximum atomic E-state index is 10.6. The molecule has 0 aliphatic carbocycles. The number of carboxylic acids is 1. The van der Waals surface area contributed by atoms with E-state index < -0.39 is 5.97 Å². The van der Waals surface area contributed by atoms with Gasteiger partial charge in [0.05, 0.1) is 6.61 Å². The van der Waals surface area contributed by atoms with Crippen LogP contribution in [0.25, 0.3) is 0 Å². The van der Waals surface area contributed by atoms with Crippen LogP contribution < -0.4 is 4.74 Å². The van der Waals surface area contributed by atoms with Crippen molar-refractivity contribution in [1.29, 1.82) is 0 Å². The Morgan fingerprint density at radius 1 is 1.29 bits per heavy atom. The zero-order valence-electron chi connectivity index (χ0n) is 10.7. The zero-order chi connectivity index (χ0) is 12.8. The molecule has 0 saturated carbocycles. The molecule has 0 atom stereocenters. The monoisotopic (exact) mass is 236 g/mol. The molecule has 0 saturated heterocycles. The minimum atomic E-state index is -0.756. The quantitative estimate of drug-likeness (QED) is 0.825. The topological polar surface area (TPSA) is 46.5 Å². The summed E-state index contributed by atoms with van der Waals surface area (Å²) in [5.74, 6) is 0.150. The van der Waals surface area contributed by atoms with Crippen molar-refractivity contribution >= 4 is 5.97 Å². The molecular formula is C14H20O3. The molecule has 0 bridgehead atoms. The number of ether oxygens (including phenoxy) is 1. The van der Waals surface area contributed by atoms with Crippen LogP contribution in [0.1, 0.15) is 36.5 Å². The van der Waals surface area contributed by atoms with Gasteiger partial charge >= 0.3 is 5.97 Å². The van der Waals surface area contributed by atoms with Gasteiger partial charge in [-0.15, -0.1) is 0 Å². The van der Waals surface area contributed by atoms with Gasteiger partial charge in [-0.2, -0.15) is 0 Å². The van der Waals surface area contributed by atoms with E-state index in [0.29, 0.717) is 6.42 Å². The molecule has 0 fully saturated rings. The van der Waals surface area contributed by atoms with Gasteiger partial charge in [-0.3, -0.25) is 4.79 Å². The number of carbonyl (C=O) groups is 1. The standard InChI is InChI=1S/C14H20O3/c1-4-9-17-13-7-5-12(6-8-14(15)16)10(2)11(13)3/h5,7H,4,6,8-9H2,1-3H3,(H,15,16). The summed E-state index contributed by atoms with van der Waals surface area (Å²) in [4.78, 5) is 10.6. The van der Waals surface area contributed by atoms with E-state index in [1.165, 1.54) is 0 Å². The third kappa shape index (κ3) is 3.77. The number of benzene rings is 1. The first-order valence-corrected chi connectivity index (χ1v) is 6.00. The van der Waals surface area contributed by atoms with Crippen molar-refractivity contribution in [1.82, 2.24) is 0 Å². The third-order valence-electron chi connectivity index (χ3n) is 2.92. The molecule has 0 heterocycles. The maximum absolute atomic E-state index is 10.6. The molecule has 0 aromatic heterocycles. The first-order valence-electron chi connectivity index (χ1n) is 6.00. The summed E-state index contributed by atoms with van der Waals surface area (Å²) < 4.78 is 5.63. The van der Waals surface area contributed by atoms with Crippen LogP contribution in [0.2, 0.25) is 0 Å². The molecule has 0 unspecified atom stereocenters. The van der Waals surface area contributed by atoms with Crippen molar-refractivity contribution in [3.05, 3.63) is 28.8 Å². The van der Waals surface area contributed by atoms with Gasteiger partial charge < -0.3 is 9.84 Å². The normalized spacial score (nSPS) is 10.3. The SMILES string of the molecule is CCCOc1ccc(CCC(=O)O)c(C)c1C. The van der Waals surface area contributed by atoms with Gasteiger partial charge in [0.25, 0.3) is 0 Å². The molecule has 0 spiro atoms. The lowest BCUT2D eigenvalue weighted by Crippen LogP contribution is -2.02. The molecule has 1 N–H and O–H groups in total. The van der Waals surface area contributed by atoms with Crippen LogP contribution >= 0.6 is 0 Å². The minimum absolute atomic E-state index is 0.176. The molecule has 1 aromatic rings. The summed E-state index contributed by atoms with van der Waals surface area (Å²) in [6.45, 7) is 6.83. The Morgan fingerprint density at radius 3 is 2.59 bits per heavy atom. The summed E-state index contributed by atoms with van der Waals surface area (Å²) in [7, 11) is 0. The Bertz CT molecular complexity index is 397. The van der Waals surface area contributed by atoms with Crippen molar-refractivity contribution in [2.45, 2.75) is 40.0 Å². The van der Waals surface area contributed by atoms with Crippen LogP contribution in [-0.4, -0.2) is 17.7 Å². The largest absolute Gasteiger partial charge is 0.493 e. The van der Waals surface area contributed by atoms with Crippen LogP contribution in [0, 0.1) is 13.8 Å². The number of aryl methyl sites for hydroxylation is 1. The molecule has 3 nitrogen and oxygen atoms in total. The van der Waals surface area contributed by atoms with E-state index in [0.717, 1.165) is 35.5 Å². The smallest absolute Gasteiger partial charge is 0.303 e. The fourth-order valence-corrected chi connectivity index (χ4v) is 1.73. The average Bonchev–Trinajstić information content (AvgIpc) is 2.29. The van der Waals surface area contributed by atoms with E-state index in [-0.39, 0.29) is 6.42 Å². The van der Waals surface area contributed by atoms with E-state index in [1.807, 2.05) is 26.0 Å². The van der Waals surface area contributed by atoms with Crippen LogP contribution in [0.15, 0.2) is 12.1 Å². The van der Waals surface area contributed by atoms with Gasteiger partial charge in [-0.1, -0.05) is 13.0 Å². The summed E-state index contributed by atoms with van der Waals surface area (Å²) >= 11 is 0. The Hall–Kier alpha value is -1.51. The van der Waals surface area contributed by atoms with E-state index >= 15 is 0 Å². The van der Waals surface area contributed by atoms with E-state index in [1.54, 1.807) is 0 Å². The Balaban J connectivity index is 2.82. The third-order valence-corrected chi connectivity index (χ3v) is 2.92. The Labute approximate surface area is 102 Å². The predicted molar refractivity (Wildman–Crippen MR) is 67.7 cm³/mol. The number of aliphatic carboxylic acids is 1. The first kappa shape index (κ1) is 13.6. The zero-order valence-corrected chi connectivity index (χ0v) is 10.7. The first-order chi connectivity index (χ1) is 8.06. The lowest BCUT2D eigenvalue weighted by Gasteiger charge is -2.13. The van der Waals surface area contributed by atoms with Gasteiger partial charge in [0.1, 0.15) is 5.75 Å². The van der Waals surface area contributed by atoms with E-state index in [4.69, 9.17) is 9.84 Å². The van der Waals surface area contributed by atoms with E-state index in [9.17, 15) is 4.79 Å². The molecule has 94 valence electrons. The minimum Gasteiger partial charge on any atom is -0.493 e. The highest BCUT2D eigenvalue weighted by Crippen LogP contribution is 2.25. The van der Waals surface area contributed by atoms with Gasteiger partial charge in [0, 0.05) is 6.42 Å². The Morgan fingerprint density at radius 2 is 2.00 bits per heavy atom. The van der Waals surface area contributed by atoms with Gasteiger partial charge in [-0.25, -0.2) is 0 Å². The van der Waals surface area contributed by atoms with Crippen molar-refractivity contribution < 1.29 is 14.6 Å². The average molecular weight is 236 g/mol. The van der Waals surface area contributed by atoms with Crippen LogP contribution in [0.5, 0.6) is 5.75 Å². The highest BCUT2D eigenvalue weighted by molar-refractivity contribution is 5.67. The van der Waals surface area contributed by atoms with Gasteiger partial charge in [0.15, 0.2) is 0 Å². The summed E-state index contributed by atoms with van der Waals surface area (Å²) in [6, 6.07) is 3.91. The van der Waals surface area contributed by atoms with E-state index in [2.05, 4.69) is 6.92 Å². The van der Waals surface area contributed by atoms with Crippen molar-refractivity contribution in [3.63, 3.8) is 0 Å². The highest BCUT2D eigenvalue weighted by atomic mass is 16.5. The number of hydrogen-bond acceptors (Lipinski definition) is 2. The molecular weight excluding hydrogens is 216 g/mol. The number of rotatable bonds is 6. The lowest BCUT2D eigenvalue weighted by molar-refractivity contribution is -0.136.